The highest BCUT2D eigenvalue weighted by atomic mass is 16.3. The Morgan fingerprint density at radius 2 is 0.348 bits per heavy atom. The van der Waals surface area contributed by atoms with Gasteiger partial charge >= 0.3 is 0 Å². The Morgan fingerprint density at radius 1 is 0.126 bits per heavy atom. The lowest BCUT2D eigenvalue weighted by molar-refractivity contribution is 0.672. The summed E-state index contributed by atoms with van der Waals surface area (Å²) in [6, 6.07) is 165. The molecule has 0 unspecified atom stereocenters. The quantitative estimate of drug-likeness (QED) is 0.118. The number of rotatable bonds is 12. The molecule has 9 nitrogen and oxygen atoms in total. The predicted molar refractivity (Wildman–Crippen MR) is 558 cm³/mol. The van der Waals surface area contributed by atoms with Crippen LogP contribution in [0.1, 0.15) is 0 Å². The fraction of sp³-hybridized carbons (Fsp3) is 0. The zero-order valence-corrected chi connectivity index (χ0v) is 72.9. The van der Waals surface area contributed by atoms with E-state index in [1.807, 2.05) is 97.1 Å². The number of nitrogens with zero attached hydrogens (tertiary/aromatic N) is 6. The van der Waals surface area contributed by atoms with Crippen LogP contribution >= 0.6 is 0 Å². The van der Waals surface area contributed by atoms with Crippen LogP contribution in [-0.2, 0) is 0 Å². The third-order valence-corrected chi connectivity index (χ3v) is 26.1. The van der Waals surface area contributed by atoms with Gasteiger partial charge in [0, 0.05) is 98.0 Å². The Morgan fingerprint density at radius 3 is 0.689 bits per heavy atom. The van der Waals surface area contributed by atoms with Gasteiger partial charge in [0.05, 0.1) is 33.6 Å². The maximum absolute atomic E-state index is 6.29. The first kappa shape index (κ1) is 79.0. The molecule has 6 heterocycles. The van der Waals surface area contributed by atoms with E-state index in [-0.39, 0.29) is 0 Å². The molecule has 0 aliphatic heterocycles. The molecule has 0 fully saturated rings. The van der Waals surface area contributed by atoms with Crippen molar-refractivity contribution in [2.24, 2.45) is 0 Å². The average Bonchev–Trinajstić information content (AvgIpc) is 1.73. The van der Waals surface area contributed by atoms with Crippen LogP contribution in [0.2, 0.25) is 0 Å². The summed E-state index contributed by atoms with van der Waals surface area (Å²) in [7, 11) is 0. The molecule has 0 saturated carbocycles. The summed E-state index contributed by atoms with van der Waals surface area (Å²) in [4.78, 5) is 30.1. The number of benzene rings is 21. The molecule has 0 spiro atoms. The summed E-state index contributed by atoms with van der Waals surface area (Å²) >= 11 is 0. The van der Waals surface area contributed by atoms with Crippen LogP contribution in [0, 0.1) is 0 Å². The number of hydrogen-bond acceptors (Lipinski definition) is 9. The van der Waals surface area contributed by atoms with Crippen LogP contribution in [0.25, 0.3) is 266 Å². The summed E-state index contributed by atoms with van der Waals surface area (Å²) in [6.07, 6.45) is 0. The molecule has 0 bridgehead atoms. The zero-order chi connectivity index (χ0) is 89.2. The number of hydrogen-bond donors (Lipinski definition) is 0. The fourth-order valence-electron chi connectivity index (χ4n) is 19.2. The summed E-state index contributed by atoms with van der Waals surface area (Å²) in [5, 5.41) is 16.9. The topological polar surface area (TPSA) is 117 Å². The minimum absolute atomic E-state index is 0.710. The molecular weight excluding hydrogens is 1650 g/mol. The van der Waals surface area contributed by atoms with Crippen molar-refractivity contribution < 1.29 is 13.3 Å². The molecule has 0 aliphatic carbocycles. The second kappa shape index (κ2) is 33.7. The second-order valence-corrected chi connectivity index (χ2v) is 34.2. The highest BCUT2D eigenvalue weighted by molar-refractivity contribution is 6.18. The van der Waals surface area contributed by atoms with Gasteiger partial charge in [0.25, 0.3) is 0 Å². The van der Waals surface area contributed by atoms with Crippen molar-refractivity contribution in [3.8, 4) is 135 Å². The molecule has 630 valence electrons. The van der Waals surface area contributed by atoms with E-state index in [2.05, 4.69) is 376 Å². The number of fused-ring (bicyclic) bond motifs is 18. The van der Waals surface area contributed by atoms with Gasteiger partial charge in [-0.15, -0.1) is 0 Å². The second-order valence-electron chi connectivity index (χ2n) is 34.2. The summed E-state index contributed by atoms with van der Waals surface area (Å²) in [6.45, 7) is 0. The zero-order valence-electron chi connectivity index (χ0n) is 72.9. The first-order chi connectivity index (χ1) is 66.8. The number of para-hydroxylation sites is 6. The van der Waals surface area contributed by atoms with Gasteiger partial charge in [0.2, 0.25) is 0 Å². The molecule has 27 aromatic rings. The van der Waals surface area contributed by atoms with Crippen molar-refractivity contribution in [1.82, 2.24) is 29.9 Å². The average molecular weight is 1720 g/mol. The van der Waals surface area contributed by atoms with Crippen LogP contribution in [0.3, 0.4) is 0 Å². The van der Waals surface area contributed by atoms with E-state index < -0.39 is 0 Å². The smallest absolute Gasteiger partial charge is 0.160 e. The van der Waals surface area contributed by atoms with Crippen LogP contribution < -0.4 is 0 Å². The monoisotopic (exact) mass is 1720 g/mol. The molecule has 0 radical (unpaired) electrons. The lowest BCUT2D eigenvalue weighted by atomic mass is 9.97. The molecule has 21 aromatic carbocycles. The molecule has 0 atom stereocenters. The maximum Gasteiger partial charge on any atom is 0.160 e. The standard InChI is InChI=1S/C48H30N2O.C42H26N2O.C36H22N2O/c1-2-9-31(10-3-1)32-17-19-33(20-18-32)36-11-8-12-39(30-36)48-49-44-15-6-4-14-43(44)46(50-48)35-23-21-34(22-24-35)37-25-27-40-38(29-37)26-28-42-41-13-5-7-16-45(41)51-47(40)42;1-2-8-27(9-3-1)28-16-20-31(21-17-28)42-43-38-12-6-4-11-37(38)40(44-42)30-18-14-29(15-19-30)32-22-24-34-33(26-32)23-25-36-35-10-5-7-13-39(35)45-41(34)36;1-2-8-25(9-3-1)36-37-32-12-6-4-11-31(32)34(38-36)24-16-14-23(15-17-24)26-18-20-28-27(22-26)19-21-30-29-10-5-7-13-33(29)39-35(28)30/h1-30H;1-26H;1-22H. The van der Waals surface area contributed by atoms with Gasteiger partial charge in [-0.3, -0.25) is 0 Å². The highest BCUT2D eigenvalue weighted by Crippen LogP contribution is 2.44. The van der Waals surface area contributed by atoms with Gasteiger partial charge in [-0.1, -0.05) is 376 Å². The maximum atomic E-state index is 6.29. The van der Waals surface area contributed by atoms with Crippen molar-refractivity contribution in [2.45, 2.75) is 0 Å². The van der Waals surface area contributed by atoms with Gasteiger partial charge in [-0.25, -0.2) is 29.9 Å². The lowest BCUT2D eigenvalue weighted by Gasteiger charge is -2.11. The van der Waals surface area contributed by atoms with Crippen molar-refractivity contribution in [3.63, 3.8) is 0 Å². The van der Waals surface area contributed by atoms with E-state index in [4.69, 9.17) is 43.2 Å². The summed E-state index contributed by atoms with van der Waals surface area (Å²) in [5.74, 6) is 2.17. The van der Waals surface area contributed by atoms with Crippen molar-refractivity contribution in [2.75, 3.05) is 0 Å². The molecule has 0 aliphatic rings. The van der Waals surface area contributed by atoms with E-state index in [1.165, 1.54) is 27.8 Å². The van der Waals surface area contributed by atoms with Gasteiger partial charge in [0.1, 0.15) is 33.5 Å². The van der Waals surface area contributed by atoms with Crippen molar-refractivity contribution >= 4 is 131 Å². The number of aromatic nitrogens is 6. The third-order valence-electron chi connectivity index (χ3n) is 26.1. The molecule has 0 amide bonds. The van der Waals surface area contributed by atoms with Crippen LogP contribution in [-0.4, -0.2) is 29.9 Å². The number of furan rings is 3. The Kier molecular flexibility index (Phi) is 19.7. The van der Waals surface area contributed by atoms with Crippen LogP contribution in [0.5, 0.6) is 0 Å². The minimum Gasteiger partial charge on any atom is -0.455 e. The van der Waals surface area contributed by atoms with E-state index in [0.29, 0.717) is 5.82 Å². The summed E-state index contributed by atoms with van der Waals surface area (Å²) < 4.78 is 18.8. The van der Waals surface area contributed by atoms with Crippen LogP contribution in [0.4, 0.5) is 0 Å². The minimum atomic E-state index is 0.710. The van der Waals surface area contributed by atoms with E-state index in [0.717, 1.165) is 232 Å². The van der Waals surface area contributed by atoms with Crippen molar-refractivity contribution in [1.29, 1.82) is 0 Å². The van der Waals surface area contributed by atoms with Gasteiger partial charge in [-0.05, 0) is 180 Å². The van der Waals surface area contributed by atoms with Crippen LogP contribution in [0.15, 0.2) is 486 Å². The molecule has 0 saturated heterocycles. The lowest BCUT2D eigenvalue weighted by Crippen LogP contribution is -1.95. The first-order valence-corrected chi connectivity index (χ1v) is 45.5. The normalized spacial score (nSPS) is 11.6. The Labute approximate surface area is 776 Å². The molecule has 27 rings (SSSR count). The highest BCUT2D eigenvalue weighted by Gasteiger charge is 2.21. The Hall–Kier alpha value is -18.2. The Balaban J connectivity index is 0.000000109. The Bertz CT molecular complexity index is 9260. The first-order valence-electron chi connectivity index (χ1n) is 45.5. The van der Waals surface area contributed by atoms with E-state index in [9.17, 15) is 0 Å². The predicted octanol–water partition coefficient (Wildman–Crippen LogP) is 34.1. The SMILES string of the molecule is c1ccc(-c2ccc(-c3cccc(-c4nc(-c5ccc(-c6ccc7c(ccc8c9ccccc9oc78)c6)cc5)c5ccccc5n4)c3)cc2)cc1.c1ccc(-c2ccc(-c3nc(-c4ccc(-c5ccc6c(ccc7c8ccccc8oc67)c5)cc4)c4ccccc4n3)cc2)cc1.c1ccc(-c2nc(-c3ccc(-c4ccc5c(ccc6c7ccccc7oc56)c4)cc3)c3ccccc3n2)cc1. The summed E-state index contributed by atoms with van der Waals surface area (Å²) in [5.41, 5.74) is 31.4. The fourth-order valence-corrected chi connectivity index (χ4v) is 19.2. The molecule has 0 N–H and O–H groups in total. The van der Waals surface area contributed by atoms with E-state index >= 15 is 0 Å². The third kappa shape index (κ3) is 14.9. The van der Waals surface area contributed by atoms with Gasteiger partial charge in [0.15, 0.2) is 17.5 Å². The molecule has 135 heavy (non-hydrogen) atoms. The molecule has 6 aromatic heterocycles. The van der Waals surface area contributed by atoms with Crippen molar-refractivity contribution in [3.05, 3.63) is 473 Å². The molecule has 9 heteroatoms. The van der Waals surface area contributed by atoms with E-state index in [1.54, 1.807) is 0 Å². The van der Waals surface area contributed by atoms with Gasteiger partial charge < -0.3 is 13.3 Å². The van der Waals surface area contributed by atoms with Gasteiger partial charge in [-0.2, -0.15) is 0 Å². The molecular formula is C126H78N6O3. The largest absolute Gasteiger partial charge is 0.455 e.